The maximum atomic E-state index is 13.2. The van der Waals surface area contributed by atoms with Gasteiger partial charge in [0.25, 0.3) is 11.8 Å². The Bertz CT molecular complexity index is 1170. The van der Waals surface area contributed by atoms with Gasteiger partial charge in [-0.05, 0) is 74.6 Å². The van der Waals surface area contributed by atoms with Crippen LogP contribution in [0.5, 0.6) is 5.75 Å². The number of amides is 4. The van der Waals surface area contributed by atoms with Gasteiger partial charge in [0, 0.05) is 24.3 Å². The molecule has 2 heterocycles. The van der Waals surface area contributed by atoms with Gasteiger partial charge in [0.05, 0.1) is 12.3 Å². The summed E-state index contributed by atoms with van der Waals surface area (Å²) in [5.74, 6) is -0.499. The lowest BCUT2D eigenvalue weighted by molar-refractivity contribution is -0.122. The molecule has 7 heteroatoms. The SMILES string of the molecule is CCOc1cccc(N2C(=O)NC(=O)/C(=C\c3ccc4c(c3)C(C)CC(C)(C)N4C)C2=O)c1. The Kier molecular flexibility index (Phi) is 5.74. The fourth-order valence-electron chi connectivity index (χ4n) is 4.62. The second-order valence-electron chi connectivity index (χ2n) is 9.18. The third-order valence-corrected chi connectivity index (χ3v) is 6.46. The van der Waals surface area contributed by atoms with Crippen molar-refractivity contribution in [2.75, 3.05) is 23.5 Å². The number of ether oxygens (including phenoxy) is 1. The number of hydrogen-bond donors (Lipinski definition) is 1. The van der Waals surface area contributed by atoms with Crippen molar-refractivity contribution in [3.05, 3.63) is 59.2 Å². The first-order valence-electron chi connectivity index (χ1n) is 11.1. The van der Waals surface area contributed by atoms with Gasteiger partial charge in [0.15, 0.2) is 0 Å². The largest absolute Gasteiger partial charge is 0.494 e. The van der Waals surface area contributed by atoms with Crippen LogP contribution in [0, 0.1) is 0 Å². The molecule has 0 aliphatic carbocycles. The Labute approximate surface area is 194 Å². The van der Waals surface area contributed by atoms with Crippen LogP contribution in [-0.2, 0) is 9.59 Å². The summed E-state index contributed by atoms with van der Waals surface area (Å²) in [5, 5.41) is 2.28. The molecule has 172 valence electrons. The highest BCUT2D eigenvalue weighted by atomic mass is 16.5. The summed E-state index contributed by atoms with van der Waals surface area (Å²) >= 11 is 0. The molecule has 2 aliphatic heterocycles. The van der Waals surface area contributed by atoms with Crippen LogP contribution >= 0.6 is 0 Å². The summed E-state index contributed by atoms with van der Waals surface area (Å²) in [7, 11) is 2.08. The number of rotatable bonds is 4. The molecule has 0 bridgehead atoms. The van der Waals surface area contributed by atoms with Crippen molar-refractivity contribution in [2.45, 2.75) is 45.6 Å². The molecule has 1 atom stereocenters. The van der Waals surface area contributed by atoms with Crippen molar-refractivity contribution in [1.29, 1.82) is 0 Å². The average Bonchev–Trinajstić information content (AvgIpc) is 2.75. The number of imide groups is 2. The van der Waals surface area contributed by atoms with Crippen LogP contribution in [0.15, 0.2) is 48.0 Å². The zero-order valence-electron chi connectivity index (χ0n) is 19.6. The summed E-state index contributed by atoms with van der Waals surface area (Å²) < 4.78 is 5.48. The van der Waals surface area contributed by atoms with Gasteiger partial charge in [0.1, 0.15) is 11.3 Å². The molecular weight excluding hydrogens is 418 g/mol. The van der Waals surface area contributed by atoms with E-state index >= 15 is 0 Å². The third kappa shape index (κ3) is 4.11. The van der Waals surface area contributed by atoms with E-state index < -0.39 is 17.8 Å². The first-order valence-corrected chi connectivity index (χ1v) is 11.1. The zero-order valence-corrected chi connectivity index (χ0v) is 19.6. The maximum Gasteiger partial charge on any atom is 0.335 e. The predicted molar refractivity (Wildman–Crippen MR) is 129 cm³/mol. The molecule has 2 aromatic rings. The topological polar surface area (TPSA) is 79.0 Å². The molecule has 33 heavy (non-hydrogen) atoms. The van der Waals surface area contributed by atoms with Crippen molar-refractivity contribution in [3.8, 4) is 5.75 Å². The number of hydrogen-bond acceptors (Lipinski definition) is 5. The molecule has 2 aromatic carbocycles. The van der Waals surface area contributed by atoms with Gasteiger partial charge in [0.2, 0.25) is 0 Å². The molecule has 4 rings (SSSR count). The predicted octanol–water partition coefficient (Wildman–Crippen LogP) is 4.47. The van der Waals surface area contributed by atoms with Crippen molar-refractivity contribution >= 4 is 35.3 Å². The van der Waals surface area contributed by atoms with E-state index in [2.05, 4.69) is 38.0 Å². The van der Waals surface area contributed by atoms with E-state index in [9.17, 15) is 14.4 Å². The minimum atomic E-state index is -0.779. The van der Waals surface area contributed by atoms with Crippen LogP contribution < -0.4 is 19.9 Å². The van der Waals surface area contributed by atoms with Crippen LogP contribution in [0.2, 0.25) is 0 Å². The van der Waals surface area contributed by atoms with E-state index in [1.54, 1.807) is 30.3 Å². The van der Waals surface area contributed by atoms with Crippen molar-refractivity contribution in [1.82, 2.24) is 5.32 Å². The number of anilines is 2. The van der Waals surface area contributed by atoms with E-state index in [4.69, 9.17) is 4.74 Å². The average molecular weight is 448 g/mol. The number of benzene rings is 2. The first-order chi connectivity index (χ1) is 15.6. The van der Waals surface area contributed by atoms with Crippen LogP contribution in [0.25, 0.3) is 6.08 Å². The number of carbonyl (C=O) groups is 3. The van der Waals surface area contributed by atoms with E-state index in [1.807, 2.05) is 25.1 Å². The van der Waals surface area contributed by atoms with Crippen LogP contribution in [-0.4, -0.2) is 37.0 Å². The monoisotopic (exact) mass is 447 g/mol. The van der Waals surface area contributed by atoms with Gasteiger partial charge in [-0.25, -0.2) is 9.69 Å². The standard InChI is InChI=1S/C26H29N3O4/c1-6-33-19-9-7-8-18(14-19)29-24(31)21(23(30)27-25(29)32)13-17-10-11-22-20(12-17)16(2)15-26(3,4)28(22)5/h7-14,16H,6,15H2,1-5H3,(H,27,30,32)/b21-13+. The Hall–Kier alpha value is -3.61. The van der Waals surface area contributed by atoms with Crippen LogP contribution in [0.1, 0.15) is 51.2 Å². The Morgan fingerprint density at radius 2 is 1.91 bits per heavy atom. The Morgan fingerprint density at radius 3 is 2.64 bits per heavy atom. The van der Waals surface area contributed by atoms with Crippen molar-refractivity contribution < 1.29 is 19.1 Å². The number of nitrogens with zero attached hydrogens (tertiary/aromatic N) is 2. The molecule has 1 fully saturated rings. The summed E-state index contributed by atoms with van der Waals surface area (Å²) in [4.78, 5) is 41.6. The Morgan fingerprint density at radius 1 is 1.15 bits per heavy atom. The number of fused-ring (bicyclic) bond motifs is 1. The minimum Gasteiger partial charge on any atom is -0.494 e. The lowest BCUT2D eigenvalue weighted by Crippen LogP contribution is -2.54. The highest BCUT2D eigenvalue weighted by Crippen LogP contribution is 2.42. The molecule has 1 saturated heterocycles. The molecule has 4 amide bonds. The lowest BCUT2D eigenvalue weighted by Gasteiger charge is -2.45. The minimum absolute atomic E-state index is 0.0442. The van der Waals surface area contributed by atoms with Crippen molar-refractivity contribution in [2.24, 2.45) is 0 Å². The second kappa shape index (κ2) is 8.39. The molecule has 0 saturated carbocycles. The first kappa shape index (κ1) is 22.6. The van der Waals surface area contributed by atoms with Crippen LogP contribution in [0.3, 0.4) is 0 Å². The second-order valence-corrected chi connectivity index (χ2v) is 9.18. The highest BCUT2D eigenvalue weighted by Gasteiger charge is 2.37. The normalized spacial score (nSPS) is 21.2. The van der Waals surface area contributed by atoms with Gasteiger partial charge in [-0.15, -0.1) is 0 Å². The van der Waals surface area contributed by atoms with Gasteiger partial charge in [-0.2, -0.15) is 0 Å². The van der Waals surface area contributed by atoms with Gasteiger partial charge in [-0.1, -0.05) is 19.1 Å². The van der Waals surface area contributed by atoms with Gasteiger partial charge >= 0.3 is 6.03 Å². The molecule has 7 nitrogen and oxygen atoms in total. The van der Waals surface area contributed by atoms with E-state index in [0.717, 1.165) is 22.6 Å². The number of urea groups is 1. The molecule has 1 unspecified atom stereocenters. The summed E-state index contributed by atoms with van der Waals surface area (Å²) in [6.07, 6.45) is 2.55. The summed E-state index contributed by atoms with van der Waals surface area (Å²) in [6, 6.07) is 11.8. The maximum absolute atomic E-state index is 13.2. The highest BCUT2D eigenvalue weighted by molar-refractivity contribution is 6.39. The molecule has 0 radical (unpaired) electrons. The van der Waals surface area contributed by atoms with Crippen LogP contribution in [0.4, 0.5) is 16.2 Å². The molecule has 0 aromatic heterocycles. The zero-order chi connectivity index (χ0) is 23.9. The fraction of sp³-hybridized carbons (Fsp3) is 0.346. The number of carbonyl (C=O) groups excluding carboxylic acids is 3. The molecule has 2 aliphatic rings. The Balaban J connectivity index is 1.70. The van der Waals surface area contributed by atoms with E-state index in [-0.39, 0.29) is 11.1 Å². The smallest absolute Gasteiger partial charge is 0.335 e. The lowest BCUT2D eigenvalue weighted by atomic mass is 9.80. The quantitative estimate of drug-likeness (QED) is 0.553. The van der Waals surface area contributed by atoms with Crippen molar-refractivity contribution in [3.63, 3.8) is 0 Å². The van der Waals surface area contributed by atoms with Gasteiger partial charge in [-0.3, -0.25) is 14.9 Å². The van der Waals surface area contributed by atoms with Gasteiger partial charge < -0.3 is 9.64 Å². The number of nitrogens with one attached hydrogen (secondary N) is 1. The van der Waals surface area contributed by atoms with E-state index in [1.165, 1.54) is 5.56 Å². The fourth-order valence-corrected chi connectivity index (χ4v) is 4.62. The summed E-state index contributed by atoms with van der Waals surface area (Å²) in [5.41, 5.74) is 3.35. The summed E-state index contributed by atoms with van der Waals surface area (Å²) in [6.45, 7) is 8.94. The third-order valence-electron chi connectivity index (χ3n) is 6.46. The molecule has 0 spiro atoms. The van der Waals surface area contributed by atoms with E-state index in [0.29, 0.717) is 24.0 Å². The number of barbiturate groups is 1. The molecule has 1 N–H and O–H groups in total. The molecular formula is C26H29N3O4.